The lowest BCUT2D eigenvalue weighted by atomic mass is 9.99. The zero-order chi connectivity index (χ0) is 15.5. The molecule has 2 saturated heterocycles. The number of thioether (sulfide) groups is 1. The fourth-order valence-corrected chi connectivity index (χ4v) is 3.97. The number of aliphatic hydroxyl groups excluding tert-OH is 1. The van der Waals surface area contributed by atoms with Crippen LogP contribution < -0.4 is 4.90 Å². The van der Waals surface area contributed by atoms with Gasteiger partial charge in [0.05, 0.1) is 6.10 Å². The lowest BCUT2D eigenvalue weighted by Gasteiger charge is -2.41. The van der Waals surface area contributed by atoms with Crippen molar-refractivity contribution in [2.75, 3.05) is 37.3 Å². The van der Waals surface area contributed by atoms with Crippen molar-refractivity contribution in [3.05, 3.63) is 11.8 Å². The van der Waals surface area contributed by atoms with Gasteiger partial charge in [-0.15, -0.1) is 0 Å². The molecule has 1 atom stereocenters. The summed E-state index contributed by atoms with van der Waals surface area (Å²) in [7, 11) is 0. The Labute approximate surface area is 137 Å². The highest BCUT2D eigenvalue weighted by atomic mass is 32.2. The van der Waals surface area contributed by atoms with Gasteiger partial charge in [0.25, 0.3) is 0 Å². The zero-order valence-electron chi connectivity index (χ0n) is 13.5. The molecule has 2 aliphatic heterocycles. The summed E-state index contributed by atoms with van der Waals surface area (Å²) in [5.74, 6) is 1.06. The molecule has 1 aromatic heterocycles. The molecular formula is C16H26N4OS. The lowest BCUT2D eigenvalue weighted by molar-refractivity contribution is 0.0398. The summed E-state index contributed by atoms with van der Waals surface area (Å²) < 4.78 is 0. The van der Waals surface area contributed by atoms with Crippen LogP contribution >= 0.6 is 11.8 Å². The number of hydrogen-bond acceptors (Lipinski definition) is 6. The Morgan fingerprint density at radius 3 is 2.64 bits per heavy atom. The molecule has 0 radical (unpaired) electrons. The molecule has 1 aromatic rings. The summed E-state index contributed by atoms with van der Waals surface area (Å²) in [6.07, 6.45) is 6.30. The van der Waals surface area contributed by atoms with Gasteiger partial charge in [-0.2, -0.15) is 0 Å². The third kappa shape index (κ3) is 3.73. The number of aryl methyl sites for hydroxylation is 1. The van der Waals surface area contributed by atoms with Gasteiger partial charge >= 0.3 is 0 Å². The van der Waals surface area contributed by atoms with Crippen LogP contribution in [-0.4, -0.2) is 64.6 Å². The van der Waals surface area contributed by atoms with Gasteiger partial charge in [0.15, 0.2) is 5.16 Å². The van der Waals surface area contributed by atoms with Crippen LogP contribution in [-0.2, 0) is 0 Å². The monoisotopic (exact) mass is 322 g/mol. The van der Waals surface area contributed by atoms with E-state index in [1.165, 1.54) is 0 Å². The van der Waals surface area contributed by atoms with Crippen molar-refractivity contribution in [3.8, 4) is 0 Å². The van der Waals surface area contributed by atoms with Gasteiger partial charge in [-0.05, 0) is 45.4 Å². The number of aromatic nitrogens is 2. The predicted octanol–water partition coefficient (Wildman–Crippen LogP) is 1.93. The average molecular weight is 322 g/mol. The van der Waals surface area contributed by atoms with E-state index in [1.807, 2.05) is 13.2 Å². The Kier molecular flexibility index (Phi) is 5.21. The van der Waals surface area contributed by atoms with Crippen LogP contribution in [0.25, 0.3) is 0 Å². The van der Waals surface area contributed by atoms with E-state index in [4.69, 9.17) is 0 Å². The highest BCUT2D eigenvalue weighted by Gasteiger charge is 2.28. The fraction of sp³-hybridized carbons (Fsp3) is 0.750. The van der Waals surface area contributed by atoms with Crippen molar-refractivity contribution in [1.82, 2.24) is 14.9 Å². The van der Waals surface area contributed by atoms with Crippen LogP contribution in [0.15, 0.2) is 11.2 Å². The molecule has 0 spiro atoms. The van der Waals surface area contributed by atoms with E-state index in [-0.39, 0.29) is 6.10 Å². The number of anilines is 1. The van der Waals surface area contributed by atoms with Crippen LogP contribution in [0.5, 0.6) is 0 Å². The van der Waals surface area contributed by atoms with Crippen LogP contribution in [0.2, 0.25) is 0 Å². The Morgan fingerprint density at radius 1 is 1.18 bits per heavy atom. The SMILES string of the molecule is CSc1nc(C)cc(N2CCC(N3CCC[C@H](O)C3)CC2)n1. The van der Waals surface area contributed by atoms with Crippen molar-refractivity contribution in [2.45, 2.75) is 49.9 Å². The minimum Gasteiger partial charge on any atom is -0.392 e. The molecule has 122 valence electrons. The third-order valence-electron chi connectivity index (χ3n) is 4.74. The molecular weight excluding hydrogens is 296 g/mol. The van der Waals surface area contributed by atoms with E-state index >= 15 is 0 Å². The number of nitrogens with zero attached hydrogens (tertiary/aromatic N) is 4. The Balaban J connectivity index is 1.60. The van der Waals surface area contributed by atoms with Gasteiger partial charge in [-0.3, -0.25) is 4.90 Å². The van der Waals surface area contributed by atoms with Gasteiger partial charge in [-0.1, -0.05) is 11.8 Å². The fourth-order valence-electron chi connectivity index (χ4n) is 3.55. The highest BCUT2D eigenvalue weighted by molar-refractivity contribution is 7.98. The smallest absolute Gasteiger partial charge is 0.189 e. The lowest BCUT2D eigenvalue weighted by Crippen LogP contribution is -2.49. The van der Waals surface area contributed by atoms with Crippen molar-refractivity contribution >= 4 is 17.6 Å². The number of rotatable bonds is 3. The number of likely N-dealkylation sites (tertiary alicyclic amines) is 1. The average Bonchev–Trinajstić information content (AvgIpc) is 2.54. The summed E-state index contributed by atoms with van der Waals surface area (Å²) in [5, 5.41) is 10.7. The van der Waals surface area contributed by atoms with Gasteiger partial charge < -0.3 is 10.0 Å². The topological polar surface area (TPSA) is 52.5 Å². The van der Waals surface area contributed by atoms with E-state index in [0.717, 1.165) is 68.5 Å². The minimum absolute atomic E-state index is 0.125. The van der Waals surface area contributed by atoms with Crippen molar-refractivity contribution in [2.24, 2.45) is 0 Å². The Bertz CT molecular complexity index is 505. The summed E-state index contributed by atoms with van der Waals surface area (Å²) in [6.45, 7) is 6.12. The van der Waals surface area contributed by atoms with E-state index in [2.05, 4.69) is 25.8 Å². The quantitative estimate of drug-likeness (QED) is 0.678. The van der Waals surface area contributed by atoms with Crippen molar-refractivity contribution in [1.29, 1.82) is 0 Å². The van der Waals surface area contributed by atoms with Gasteiger partial charge in [0.1, 0.15) is 5.82 Å². The second-order valence-electron chi connectivity index (χ2n) is 6.36. The van der Waals surface area contributed by atoms with E-state index < -0.39 is 0 Å². The molecule has 0 amide bonds. The number of β-amino-alcohol motifs (C(OH)–C–C–N with tert-alkyl or cyclic N) is 1. The Hall–Kier alpha value is -0.850. The molecule has 5 nitrogen and oxygen atoms in total. The molecule has 2 aliphatic rings. The highest BCUT2D eigenvalue weighted by Crippen LogP contribution is 2.25. The molecule has 0 aromatic carbocycles. The second-order valence-corrected chi connectivity index (χ2v) is 7.14. The first kappa shape index (κ1) is 16.0. The van der Waals surface area contributed by atoms with Crippen LogP contribution in [0.4, 0.5) is 5.82 Å². The van der Waals surface area contributed by atoms with E-state index in [1.54, 1.807) is 11.8 Å². The van der Waals surface area contributed by atoms with Gasteiger partial charge in [0, 0.05) is 37.4 Å². The van der Waals surface area contributed by atoms with Crippen molar-refractivity contribution in [3.63, 3.8) is 0 Å². The summed E-state index contributed by atoms with van der Waals surface area (Å²) >= 11 is 1.60. The molecule has 0 unspecified atom stereocenters. The Morgan fingerprint density at radius 2 is 1.95 bits per heavy atom. The molecule has 0 aliphatic carbocycles. The van der Waals surface area contributed by atoms with Crippen LogP contribution in [0.3, 0.4) is 0 Å². The van der Waals surface area contributed by atoms with E-state index in [9.17, 15) is 5.11 Å². The molecule has 6 heteroatoms. The summed E-state index contributed by atoms with van der Waals surface area (Å²) in [6, 6.07) is 2.71. The molecule has 2 fully saturated rings. The van der Waals surface area contributed by atoms with Crippen LogP contribution in [0.1, 0.15) is 31.4 Å². The summed E-state index contributed by atoms with van der Waals surface area (Å²) in [4.78, 5) is 14.0. The zero-order valence-corrected chi connectivity index (χ0v) is 14.3. The molecule has 0 bridgehead atoms. The van der Waals surface area contributed by atoms with Crippen LogP contribution in [0, 0.1) is 6.92 Å². The van der Waals surface area contributed by atoms with Gasteiger partial charge in [-0.25, -0.2) is 9.97 Å². The molecule has 3 heterocycles. The van der Waals surface area contributed by atoms with Gasteiger partial charge in [0.2, 0.25) is 0 Å². The first-order valence-corrected chi connectivity index (χ1v) is 9.45. The molecule has 1 N–H and O–H groups in total. The first-order chi connectivity index (χ1) is 10.7. The standard InChI is InChI=1S/C16H26N4OS/c1-12-10-15(18-16(17-12)22-2)19-8-5-13(6-9-19)20-7-3-4-14(21)11-20/h10,13-14,21H,3-9,11H2,1-2H3/t14-/m0/s1. The molecule has 22 heavy (non-hydrogen) atoms. The molecule has 3 rings (SSSR count). The maximum atomic E-state index is 9.86. The minimum atomic E-state index is -0.125. The number of piperidine rings is 2. The van der Waals surface area contributed by atoms with Crippen molar-refractivity contribution < 1.29 is 5.11 Å². The second kappa shape index (κ2) is 7.15. The maximum Gasteiger partial charge on any atom is 0.189 e. The normalized spacial score (nSPS) is 24.7. The maximum absolute atomic E-state index is 9.86. The molecule has 0 saturated carbocycles. The third-order valence-corrected chi connectivity index (χ3v) is 5.28. The first-order valence-electron chi connectivity index (χ1n) is 8.22. The summed E-state index contributed by atoms with van der Waals surface area (Å²) in [5.41, 5.74) is 1.04. The predicted molar refractivity (Wildman–Crippen MR) is 90.6 cm³/mol. The number of hydrogen-bond donors (Lipinski definition) is 1. The number of aliphatic hydroxyl groups is 1. The largest absolute Gasteiger partial charge is 0.392 e. The van der Waals surface area contributed by atoms with E-state index in [0.29, 0.717) is 6.04 Å².